The van der Waals surface area contributed by atoms with Gasteiger partial charge >= 0.3 is 5.97 Å². The molecule has 0 saturated carbocycles. The number of nitrogens with zero attached hydrogens (tertiary/aromatic N) is 2. The highest BCUT2D eigenvalue weighted by molar-refractivity contribution is 5.96. The maximum Gasteiger partial charge on any atom is 0.355 e. The number of amides is 3. The summed E-state index contributed by atoms with van der Waals surface area (Å²) < 4.78 is 6.63. The van der Waals surface area contributed by atoms with Crippen LogP contribution in [0.1, 0.15) is 24.3 Å². The van der Waals surface area contributed by atoms with Gasteiger partial charge in [-0.2, -0.15) is 0 Å². The fourth-order valence-corrected chi connectivity index (χ4v) is 2.56. The highest BCUT2D eigenvalue weighted by Gasteiger charge is 2.19. The lowest BCUT2D eigenvalue weighted by Crippen LogP contribution is -2.40. The maximum absolute atomic E-state index is 12.3. The minimum Gasteiger partial charge on any atom is -0.451 e. The molecule has 154 valence electrons. The quantitative estimate of drug-likeness (QED) is 0.655. The van der Waals surface area contributed by atoms with Crippen molar-refractivity contribution in [2.24, 2.45) is 7.05 Å². The number of ether oxygens (including phenoxy) is 1. The molecule has 0 aliphatic rings. The van der Waals surface area contributed by atoms with Crippen LogP contribution in [0.5, 0.6) is 0 Å². The van der Waals surface area contributed by atoms with Crippen molar-refractivity contribution in [3.63, 3.8) is 0 Å². The molecule has 29 heavy (non-hydrogen) atoms. The van der Waals surface area contributed by atoms with Crippen LogP contribution in [0.25, 0.3) is 0 Å². The Bertz CT molecular complexity index is 889. The van der Waals surface area contributed by atoms with E-state index in [1.807, 2.05) is 0 Å². The first-order valence-electron chi connectivity index (χ1n) is 9.04. The van der Waals surface area contributed by atoms with Gasteiger partial charge in [0.1, 0.15) is 5.69 Å². The van der Waals surface area contributed by atoms with Gasteiger partial charge in [-0.25, -0.2) is 4.79 Å². The first-order chi connectivity index (χ1) is 13.8. The van der Waals surface area contributed by atoms with Gasteiger partial charge in [-0.05, 0) is 43.3 Å². The zero-order chi connectivity index (χ0) is 21.4. The van der Waals surface area contributed by atoms with Gasteiger partial charge in [-0.3, -0.25) is 14.4 Å². The molecule has 3 amide bonds. The van der Waals surface area contributed by atoms with Crippen molar-refractivity contribution in [1.29, 1.82) is 0 Å². The molecule has 0 radical (unpaired) electrons. The van der Waals surface area contributed by atoms with Crippen molar-refractivity contribution in [3.8, 4) is 0 Å². The summed E-state index contributed by atoms with van der Waals surface area (Å²) in [6.45, 7) is 2.80. The molecule has 0 atom stereocenters. The Kier molecular flexibility index (Phi) is 7.53. The van der Waals surface area contributed by atoms with Crippen LogP contribution in [-0.2, 0) is 26.2 Å². The van der Waals surface area contributed by atoms with E-state index in [0.29, 0.717) is 17.1 Å². The summed E-state index contributed by atoms with van der Waals surface area (Å²) >= 11 is 0. The Hall–Kier alpha value is -3.62. The first kappa shape index (κ1) is 21.7. The van der Waals surface area contributed by atoms with E-state index in [-0.39, 0.29) is 24.9 Å². The SMILES string of the molecule is CCN(CC(=O)Nc1ccc(NC(C)=O)cc1)C(=O)COC(=O)c1cccn1C. The fourth-order valence-electron chi connectivity index (χ4n) is 2.56. The van der Waals surface area contributed by atoms with E-state index in [4.69, 9.17) is 4.74 Å². The van der Waals surface area contributed by atoms with Gasteiger partial charge in [0.15, 0.2) is 6.61 Å². The van der Waals surface area contributed by atoms with E-state index >= 15 is 0 Å². The number of anilines is 2. The van der Waals surface area contributed by atoms with Crippen LogP contribution >= 0.6 is 0 Å². The average Bonchev–Trinajstić information content (AvgIpc) is 3.11. The molecule has 9 nitrogen and oxygen atoms in total. The minimum absolute atomic E-state index is 0.176. The summed E-state index contributed by atoms with van der Waals surface area (Å²) in [5, 5.41) is 5.31. The molecule has 2 rings (SSSR count). The predicted molar refractivity (Wildman–Crippen MR) is 107 cm³/mol. The second kappa shape index (κ2) is 10.1. The molecule has 0 saturated heterocycles. The number of benzene rings is 1. The third-order valence-electron chi connectivity index (χ3n) is 4.04. The fraction of sp³-hybridized carbons (Fsp3) is 0.300. The molecule has 1 aromatic heterocycles. The number of carbonyl (C=O) groups excluding carboxylic acids is 4. The molecule has 1 heterocycles. The Morgan fingerprint density at radius 3 is 2.17 bits per heavy atom. The number of nitrogens with one attached hydrogen (secondary N) is 2. The number of likely N-dealkylation sites (N-methyl/N-ethyl adjacent to an activating group) is 1. The smallest absolute Gasteiger partial charge is 0.355 e. The second-order valence-corrected chi connectivity index (χ2v) is 6.30. The zero-order valence-electron chi connectivity index (χ0n) is 16.6. The van der Waals surface area contributed by atoms with E-state index in [1.165, 1.54) is 11.8 Å². The molecule has 0 spiro atoms. The topological polar surface area (TPSA) is 110 Å². The number of aryl methyl sites for hydroxylation is 1. The Balaban J connectivity index is 1.85. The summed E-state index contributed by atoms with van der Waals surface area (Å²) in [6.07, 6.45) is 1.70. The van der Waals surface area contributed by atoms with Gasteiger partial charge in [0.05, 0.1) is 6.54 Å². The standard InChI is InChI=1S/C20H24N4O5/c1-4-24(19(27)13-29-20(28)17-6-5-11-23(17)3)12-18(26)22-16-9-7-15(8-10-16)21-14(2)25/h5-11H,4,12-13H2,1-3H3,(H,21,25)(H,22,26). The third-order valence-corrected chi connectivity index (χ3v) is 4.04. The van der Waals surface area contributed by atoms with Crippen molar-refractivity contribution >= 4 is 35.1 Å². The lowest BCUT2D eigenvalue weighted by Gasteiger charge is -2.20. The molecule has 0 bridgehead atoms. The molecule has 0 aliphatic heterocycles. The summed E-state index contributed by atoms with van der Waals surface area (Å²) in [7, 11) is 1.70. The molecule has 9 heteroatoms. The lowest BCUT2D eigenvalue weighted by atomic mass is 10.2. The molecule has 2 aromatic rings. The Labute approximate surface area is 168 Å². The molecule has 0 unspecified atom stereocenters. The van der Waals surface area contributed by atoms with Gasteiger partial charge in [-0.1, -0.05) is 0 Å². The van der Waals surface area contributed by atoms with Crippen LogP contribution in [0, 0.1) is 0 Å². The molecular weight excluding hydrogens is 376 g/mol. The van der Waals surface area contributed by atoms with Crippen molar-refractivity contribution < 1.29 is 23.9 Å². The number of rotatable bonds is 8. The van der Waals surface area contributed by atoms with Crippen LogP contribution in [0.4, 0.5) is 11.4 Å². The maximum atomic E-state index is 12.3. The van der Waals surface area contributed by atoms with Crippen molar-refractivity contribution in [2.45, 2.75) is 13.8 Å². The zero-order valence-corrected chi connectivity index (χ0v) is 16.6. The molecule has 2 N–H and O–H groups in total. The van der Waals surface area contributed by atoms with Crippen molar-refractivity contribution in [2.75, 3.05) is 30.3 Å². The minimum atomic E-state index is -0.606. The summed E-state index contributed by atoms with van der Waals surface area (Å²) in [5.41, 5.74) is 1.48. The van der Waals surface area contributed by atoms with Gasteiger partial charge in [0, 0.05) is 38.1 Å². The van der Waals surface area contributed by atoms with E-state index in [0.717, 1.165) is 0 Å². The number of carbonyl (C=O) groups is 4. The van der Waals surface area contributed by atoms with Crippen molar-refractivity contribution in [1.82, 2.24) is 9.47 Å². The molecule has 1 aromatic carbocycles. The first-order valence-corrected chi connectivity index (χ1v) is 9.04. The monoisotopic (exact) mass is 400 g/mol. The highest BCUT2D eigenvalue weighted by atomic mass is 16.5. The highest BCUT2D eigenvalue weighted by Crippen LogP contribution is 2.13. The Morgan fingerprint density at radius 1 is 1.03 bits per heavy atom. The van der Waals surface area contributed by atoms with Crippen LogP contribution in [-0.4, -0.2) is 52.9 Å². The van der Waals surface area contributed by atoms with Crippen LogP contribution in [0.3, 0.4) is 0 Å². The molecule has 0 fully saturated rings. The molecule has 0 aliphatic carbocycles. The van der Waals surface area contributed by atoms with Gasteiger partial charge < -0.3 is 24.8 Å². The summed E-state index contributed by atoms with van der Waals surface area (Å²) in [4.78, 5) is 48.8. The van der Waals surface area contributed by atoms with Crippen LogP contribution in [0.15, 0.2) is 42.6 Å². The van der Waals surface area contributed by atoms with E-state index in [2.05, 4.69) is 10.6 Å². The van der Waals surface area contributed by atoms with Gasteiger partial charge in [0.25, 0.3) is 5.91 Å². The molecular formula is C20H24N4O5. The van der Waals surface area contributed by atoms with Gasteiger partial charge in [0.2, 0.25) is 11.8 Å². The number of aromatic nitrogens is 1. The van der Waals surface area contributed by atoms with E-state index < -0.39 is 18.5 Å². The largest absolute Gasteiger partial charge is 0.451 e. The number of hydrogen-bond acceptors (Lipinski definition) is 5. The normalized spacial score (nSPS) is 10.2. The van der Waals surface area contributed by atoms with E-state index in [9.17, 15) is 19.2 Å². The van der Waals surface area contributed by atoms with Crippen LogP contribution < -0.4 is 10.6 Å². The average molecular weight is 400 g/mol. The van der Waals surface area contributed by atoms with Crippen LogP contribution in [0.2, 0.25) is 0 Å². The Morgan fingerprint density at radius 2 is 1.66 bits per heavy atom. The predicted octanol–water partition coefficient (Wildman–Crippen LogP) is 1.63. The summed E-state index contributed by atoms with van der Waals surface area (Å²) in [5.74, 6) is -1.65. The second-order valence-electron chi connectivity index (χ2n) is 6.30. The number of hydrogen-bond donors (Lipinski definition) is 2. The van der Waals surface area contributed by atoms with Gasteiger partial charge in [-0.15, -0.1) is 0 Å². The van der Waals surface area contributed by atoms with E-state index in [1.54, 1.807) is 61.1 Å². The third kappa shape index (κ3) is 6.49. The summed E-state index contributed by atoms with van der Waals surface area (Å²) in [6, 6.07) is 9.89. The lowest BCUT2D eigenvalue weighted by molar-refractivity contribution is -0.137. The number of esters is 1. The van der Waals surface area contributed by atoms with Crippen molar-refractivity contribution in [3.05, 3.63) is 48.3 Å².